The average Bonchev–Trinajstić information content (AvgIpc) is 2.08. The van der Waals surface area contributed by atoms with Crippen LogP contribution in [0.15, 0.2) is 24.3 Å². The SMILES string of the molecule is [NH3+]c1ccccc1OC(=O)C(Br)Br. The van der Waals surface area contributed by atoms with Crippen LogP contribution in [0, 0.1) is 0 Å². The minimum Gasteiger partial charge on any atom is -0.419 e. The predicted molar refractivity (Wildman–Crippen MR) is 56.3 cm³/mol. The fourth-order valence-corrected chi connectivity index (χ4v) is 0.943. The van der Waals surface area contributed by atoms with Crippen molar-refractivity contribution in [2.75, 3.05) is 0 Å². The smallest absolute Gasteiger partial charge is 0.336 e. The van der Waals surface area contributed by atoms with Crippen LogP contribution >= 0.6 is 31.9 Å². The maximum Gasteiger partial charge on any atom is 0.336 e. The van der Waals surface area contributed by atoms with Crippen LogP contribution in [0.1, 0.15) is 0 Å². The van der Waals surface area contributed by atoms with Gasteiger partial charge < -0.3 is 10.5 Å². The summed E-state index contributed by atoms with van der Waals surface area (Å²) in [6.07, 6.45) is 0. The Kier molecular flexibility index (Phi) is 3.90. The number of carbonyl (C=O) groups is 1. The molecule has 0 heterocycles. The quantitative estimate of drug-likeness (QED) is 0.512. The van der Waals surface area contributed by atoms with Gasteiger partial charge in [-0.1, -0.05) is 44.0 Å². The molecule has 0 radical (unpaired) electrons. The number of quaternary nitrogens is 1. The van der Waals surface area contributed by atoms with Gasteiger partial charge in [0.25, 0.3) is 0 Å². The second-order valence-electron chi connectivity index (χ2n) is 2.33. The van der Waals surface area contributed by atoms with Crippen molar-refractivity contribution in [1.29, 1.82) is 0 Å². The Morgan fingerprint density at radius 1 is 1.38 bits per heavy atom. The van der Waals surface area contributed by atoms with Gasteiger partial charge in [-0.2, -0.15) is 0 Å². The lowest BCUT2D eigenvalue weighted by Crippen LogP contribution is -2.40. The first-order valence-electron chi connectivity index (χ1n) is 3.52. The topological polar surface area (TPSA) is 53.9 Å². The number of halogens is 2. The zero-order chi connectivity index (χ0) is 9.84. The van der Waals surface area contributed by atoms with Crippen molar-refractivity contribution in [3.05, 3.63) is 24.3 Å². The summed E-state index contributed by atoms with van der Waals surface area (Å²) in [7, 11) is 0. The fraction of sp³-hybridized carbons (Fsp3) is 0.125. The first-order valence-corrected chi connectivity index (χ1v) is 5.35. The number of rotatable bonds is 2. The van der Waals surface area contributed by atoms with Crippen molar-refractivity contribution in [3.63, 3.8) is 0 Å². The van der Waals surface area contributed by atoms with Gasteiger partial charge in [-0.05, 0) is 6.07 Å². The van der Waals surface area contributed by atoms with E-state index in [0.717, 1.165) is 0 Å². The molecule has 0 saturated carbocycles. The number of benzene rings is 1. The molecule has 0 atom stereocenters. The van der Waals surface area contributed by atoms with Crippen LogP contribution in [0.4, 0.5) is 5.69 Å². The van der Waals surface area contributed by atoms with Gasteiger partial charge in [-0.15, -0.1) is 0 Å². The highest BCUT2D eigenvalue weighted by atomic mass is 79.9. The summed E-state index contributed by atoms with van der Waals surface area (Å²) in [5, 5.41) is 0. The van der Waals surface area contributed by atoms with Gasteiger partial charge in [0.1, 0.15) is 0 Å². The predicted octanol–water partition coefficient (Wildman–Crippen LogP) is 1.58. The van der Waals surface area contributed by atoms with Crippen LogP contribution in [0.2, 0.25) is 0 Å². The standard InChI is InChI=1S/C8H7Br2NO2/c9-7(10)8(12)13-6-4-2-1-3-5(6)11/h1-4,7H,11H2/p+1. The van der Waals surface area contributed by atoms with Crippen molar-refractivity contribution in [3.8, 4) is 5.75 Å². The maximum atomic E-state index is 11.1. The molecule has 13 heavy (non-hydrogen) atoms. The van der Waals surface area contributed by atoms with Gasteiger partial charge in [0, 0.05) is 6.07 Å². The Hall–Kier alpha value is -0.390. The largest absolute Gasteiger partial charge is 0.419 e. The Bertz CT molecular complexity index is 315. The van der Waals surface area contributed by atoms with Gasteiger partial charge >= 0.3 is 5.97 Å². The summed E-state index contributed by atoms with van der Waals surface area (Å²) in [5.41, 5.74) is 4.42. The molecule has 1 aromatic rings. The minimum absolute atomic E-state index is 0.392. The molecule has 0 amide bonds. The van der Waals surface area contributed by atoms with Crippen LogP contribution in [-0.4, -0.2) is 9.71 Å². The molecule has 0 spiro atoms. The van der Waals surface area contributed by atoms with Gasteiger partial charge in [0.05, 0.1) is 0 Å². The molecule has 1 aromatic carbocycles. The van der Waals surface area contributed by atoms with Gasteiger partial charge in [-0.3, -0.25) is 0 Å². The third-order valence-electron chi connectivity index (χ3n) is 1.36. The Balaban J connectivity index is 2.75. The Morgan fingerprint density at radius 3 is 2.54 bits per heavy atom. The molecular weight excluding hydrogens is 302 g/mol. The lowest BCUT2D eigenvalue weighted by molar-refractivity contribution is -0.256. The highest BCUT2D eigenvalue weighted by Gasteiger charge is 2.15. The molecule has 0 aliphatic rings. The summed E-state index contributed by atoms with van der Waals surface area (Å²) >= 11 is 6.09. The Morgan fingerprint density at radius 2 is 2.00 bits per heavy atom. The van der Waals surface area contributed by atoms with Crippen LogP contribution < -0.4 is 10.5 Å². The third kappa shape index (κ3) is 3.10. The molecule has 0 fully saturated rings. The minimum atomic E-state index is -0.486. The van der Waals surface area contributed by atoms with E-state index in [1.54, 1.807) is 18.2 Å². The van der Waals surface area contributed by atoms with Crippen LogP contribution in [-0.2, 0) is 4.79 Å². The molecule has 70 valence electrons. The van der Waals surface area contributed by atoms with Crippen LogP contribution in [0.3, 0.4) is 0 Å². The summed E-state index contributed by atoms with van der Waals surface area (Å²) < 4.78 is 4.52. The van der Waals surface area contributed by atoms with Crippen molar-refractivity contribution in [2.24, 2.45) is 0 Å². The molecule has 3 nitrogen and oxygen atoms in total. The Labute approximate surface area is 92.5 Å². The van der Waals surface area contributed by atoms with Gasteiger partial charge in [-0.25, -0.2) is 4.79 Å². The van der Waals surface area contributed by atoms with E-state index in [1.165, 1.54) is 0 Å². The zero-order valence-corrected chi connectivity index (χ0v) is 9.84. The summed E-state index contributed by atoms with van der Waals surface area (Å²) in [6, 6.07) is 7.09. The van der Waals surface area contributed by atoms with E-state index in [1.807, 2.05) is 6.07 Å². The molecule has 1 rings (SSSR count). The van der Waals surface area contributed by atoms with E-state index in [4.69, 9.17) is 4.74 Å². The molecule has 5 heteroatoms. The summed E-state index contributed by atoms with van der Waals surface area (Å²) in [6.45, 7) is 0. The highest BCUT2D eigenvalue weighted by Crippen LogP contribution is 2.20. The average molecular weight is 310 g/mol. The highest BCUT2D eigenvalue weighted by molar-refractivity contribution is 9.25. The van der Waals surface area contributed by atoms with E-state index < -0.39 is 9.71 Å². The van der Waals surface area contributed by atoms with Crippen molar-refractivity contribution < 1.29 is 15.3 Å². The van der Waals surface area contributed by atoms with E-state index in [9.17, 15) is 4.79 Å². The second-order valence-corrected chi connectivity index (χ2v) is 5.39. The first kappa shape index (κ1) is 10.7. The van der Waals surface area contributed by atoms with Crippen molar-refractivity contribution in [2.45, 2.75) is 3.74 Å². The number of esters is 1. The van der Waals surface area contributed by atoms with E-state index in [0.29, 0.717) is 11.4 Å². The molecular formula is C8H8Br2NO2+. The zero-order valence-electron chi connectivity index (χ0n) is 6.67. The monoisotopic (exact) mass is 308 g/mol. The van der Waals surface area contributed by atoms with E-state index >= 15 is 0 Å². The lowest BCUT2D eigenvalue weighted by atomic mass is 10.3. The molecule has 0 saturated heterocycles. The maximum absolute atomic E-state index is 11.1. The molecule has 0 aliphatic heterocycles. The van der Waals surface area contributed by atoms with Crippen molar-refractivity contribution >= 4 is 43.5 Å². The number of alkyl halides is 2. The number of ether oxygens (including phenoxy) is 1. The van der Waals surface area contributed by atoms with Crippen LogP contribution in [0.5, 0.6) is 5.75 Å². The number of para-hydroxylation sites is 1. The summed E-state index contributed by atoms with van der Waals surface area (Å²) in [5.74, 6) is 0.0903. The molecule has 0 unspecified atom stereocenters. The normalized spacial score (nSPS) is 10.2. The summed E-state index contributed by atoms with van der Waals surface area (Å²) in [4.78, 5) is 11.1. The fourth-order valence-electron chi connectivity index (χ4n) is 0.756. The van der Waals surface area contributed by atoms with Gasteiger partial charge in [0.2, 0.25) is 0 Å². The number of carbonyl (C=O) groups excluding carboxylic acids is 1. The number of hydrogen-bond acceptors (Lipinski definition) is 2. The van der Waals surface area contributed by atoms with Crippen molar-refractivity contribution in [1.82, 2.24) is 0 Å². The van der Waals surface area contributed by atoms with Crippen LogP contribution in [0.25, 0.3) is 0 Å². The second kappa shape index (κ2) is 4.74. The van der Waals surface area contributed by atoms with E-state index in [2.05, 4.69) is 37.6 Å². The first-order chi connectivity index (χ1) is 6.11. The molecule has 0 aliphatic carbocycles. The molecule has 0 aromatic heterocycles. The van der Waals surface area contributed by atoms with E-state index in [-0.39, 0.29) is 0 Å². The third-order valence-corrected chi connectivity index (χ3v) is 2.11. The lowest BCUT2D eigenvalue weighted by Gasteiger charge is -2.04. The van der Waals surface area contributed by atoms with Gasteiger partial charge in [0.15, 0.2) is 15.2 Å². The molecule has 3 N–H and O–H groups in total. The number of hydrogen-bond donors (Lipinski definition) is 1. The molecule has 0 bridgehead atoms.